The van der Waals surface area contributed by atoms with Crippen LogP contribution in [-0.2, 0) is 9.59 Å². The summed E-state index contributed by atoms with van der Waals surface area (Å²) >= 11 is 0. The van der Waals surface area contributed by atoms with Crippen LogP contribution in [0.2, 0.25) is 0 Å². The molecule has 170 valence electrons. The van der Waals surface area contributed by atoms with Crippen molar-refractivity contribution in [2.24, 2.45) is 5.41 Å². The minimum atomic E-state index is -0.497. The van der Waals surface area contributed by atoms with Gasteiger partial charge in [-0.15, -0.1) is 0 Å². The number of methoxy groups -OCH3 is 1. The summed E-state index contributed by atoms with van der Waals surface area (Å²) < 4.78 is 11.4. The van der Waals surface area contributed by atoms with Gasteiger partial charge < -0.3 is 25.1 Å². The summed E-state index contributed by atoms with van der Waals surface area (Å²) in [4.78, 5) is 24.8. The van der Waals surface area contributed by atoms with E-state index in [0.29, 0.717) is 22.7 Å². The third-order valence-corrected chi connectivity index (χ3v) is 5.23. The van der Waals surface area contributed by atoms with Crippen LogP contribution in [0.5, 0.6) is 5.75 Å². The molecule has 0 fully saturated rings. The Morgan fingerprint density at radius 3 is 2.39 bits per heavy atom. The SMILES string of the molecule is COc1cc2c(cc1NC(=O)CNc1cccc(NC(=O)C(C)(C)C)c1)oc1ccccc12. The van der Waals surface area contributed by atoms with Crippen LogP contribution in [0, 0.1) is 5.41 Å². The summed E-state index contributed by atoms with van der Waals surface area (Å²) in [6, 6.07) is 18.6. The third kappa shape index (κ3) is 4.92. The van der Waals surface area contributed by atoms with Crippen LogP contribution in [0.3, 0.4) is 0 Å². The van der Waals surface area contributed by atoms with Gasteiger partial charge in [-0.25, -0.2) is 0 Å². The number of carbonyl (C=O) groups excluding carboxylic acids is 2. The second-order valence-corrected chi connectivity index (χ2v) is 8.83. The van der Waals surface area contributed by atoms with E-state index in [4.69, 9.17) is 9.15 Å². The summed E-state index contributed by atoms with van der Waals surface area (Å²) in [5.74, 6) is 0.229. The number of furan rings is 1. The highest BCUT2D eigenvalue weighted by Crippen LogP contribution is 2.36. The molecule has 3 N–H and O–H groups in total. The molecule has 1 aromatic heterocycles. The standard InChI is InChI=1S/C26H27N3O4/c1-26(2,3)25(31)28-17-9-7-8-16(12-17)27-15-24(30)29-20-14-22-19(13-23(20)32-4)18-10-5-6-11-21(18)33-22/h5-14,27H,15H2,1-4H3,(H,28,31)(H,29,30). The number of anilines is 3. The van der Waals surface area contributed by atoms with E-state index in [2.05, 4.69) is 16.0 Å². The highest BCUT2D eigenvalue weighted by Gasteiger charge is 2.21. The van der Waals surface area contributed by atoms with Crippen molar-refractivity contribution < 1.29 is 18.7 Å². The van der Waals surface area contributed by atoms with Gasteiger partial charge in [0.15, 0.2) is 0 Å². The molecule has 4 aromatic rings. The number of hydrogen-bond acceptors (Lipinski definition) is 5. The Morgan fingerprint density at radius 2 is 1.64 bits per heavy atom. The molecule has 0 aliphatic heterocycles. The van der Waals surface area contributed by atoms with Gasteiger partial charge in [-0.3, -0.25) is 9.59 Å². The van der Waals surface area contributed by atoms with Gasteiger partial charge in [0.25, 0.3) is 0 Å². The second-order valence-electron chi connectivity index (χ2n) is 8.83. The lowest BCUT2D eigenvalue weighted by atomic mass is 9.95. The highest BCUT2D eigenvalue weighted by atomic mass is 16.5. The molecule has 0 aliphatic rings. The monoisotopic (exact) mass is 445 g/mol. The fraction of sp³-hybridized carbons (Fsp3) is 0.231. The van der Waals surface area contributed by atoms with Crippen LogP contribution < -0.4 is 20.7 Å². The Kier molecular flexibility index (Phi) is 5.96. The van der Waals surface area contributed by atoms with Crippen LogP contribution in [0.25, 0.3) is 21.9 Å². The van der Waals surface area contributed by atoms with Crippen LogP contribution in [0.15, 0.2) is 65.1 Å². The largest absolute Gasteiger partial charge is 0.495 e. The molecule has 0 saturated carbocycles. The van der Waals surface area contributed by atoms with Crippen molar-refractivity contribution in [2.45, 2.75) is 20.8 Å². The topological polar surface area (TPSA) is 92.6 Å². The fourth-order valence-electron chi connectivity index (χ4n) is 3.42. The summed E-state index contributed by atoms with van der Waals surface area (Å²) in [7, 11) is 1.56. The lowest BCUT2D eigenvalue weighted by Gasteiger charge is -2.18. The van der Waals surface area contributed by atoms with E-state index in [0.717, 1.165) is 22.0 Å². The maximum atomic E-state index is 12.6. The Labute approximate surface area is 192 Å². The molecular formula is C26H27N3O4. The molecule has 0 saturated heterocycles. The van der Waals surface area contributed by atoms with E-state index < -0.39 is 5.41 Å². The number of para-hydroxylation sites is 1. The van der Waals surface area contributed by atoms with E-state index in [9.17, 15) is 9.59 Å². The van der Waals surface area contributed by atoms with Crippen LogP contribution in [0.1, 0.15) is 20.8 Å². The normalized spacial score (nSPS) is 11.4. The molecular weight excluding hydrogens is 418 g/mol. The van der Waals surface area contributed by atoms with E-state index in [1.54, 1.807) is 19.2 Å². The van der Waals surface area contributed by atoms with Gasteiger partial charge in [-0.2, -0.15) is 0 Å². The maximum Gasteiger partial charge on any atom is 0.243 e. The van der Waals surface area contributed by atoms with Gasteiger partial charge in [0.2, 0.25) is 11.8 Å². The molecule has 3 aromatic carbocycles. The Hall–Kier alpha value is -4.00. The van der Waals surface area contributed by atoms with Crippen molar-refractivity contribution in [1.29, 1.82) is 0 Å². The number of ether oxygens (including phenoxy) is 1. The zero-order chi connectivity index (χ0) is 23.6. The number of rotatable bonds is 6. The molecule has 7 heteroatoms. The van der Waals surface area contributed by atoms with Gasteiger partial charge in [-0.1, -0.05) is 45.0 Å². The van der Waals surface area contributed by atoms with E-state index in [1.165, 1.54) is 0 Å². The predicted molar refractivity (Wildman–Crippen MR) is 132 cm³/mol. The molecule has 0 bridgehead atoms. The van der Waals surface area contributed by atoms with Crippen LogP contribution in [-0.4, -0.2) is 25.5 Å². The maximum absolute atomic E-state index is 12.6. The first kappa shape index (κ1) is 22.2. The smallest absolute Gasteiger partial charge is 0.243 e. The Bertz CT molecular complexity index is 1330. The van der Waals surface area contributed by atoms with E-state index in [1.807, 2.05) is 69.3 Å². The first-order valence-electron chi connectivity index (χ1n) is 10.7. The number of benzene rings is 3. The number of carbonyl (C=O) groups is 2. The van der Waals surface area contributed by atoms with Gasteiger partial charge in [0.05, 0.1) is 19.3 Å². The zero-order valence-corrected chi connectivity index (χ0v) is 19.1. The molecule has 0 radical (unpaired) electrons. The first-order valence-corrected chi connectivity index (χ1v) is 10.7. The second kappa shape index (κ2) is 8.86. The molecule has 0 unspecified atom stereocenters. The molecule has 33 heavy (non-hydrogen) atoms. The van der Waals surface area contributed by atoms with Gasteiger partial charge in [0, 0.05) is 33.6 Å². The minimum absolute atomic E-state index is 0.0397. The fourth-order valence-corrected chi connectivity index (χ4v) is 3.42. The van der Waals surface area contributed by atoms with Crippen molar-refractivity contribution in [3.05, 3.63) is 60.7 Å². The van der Waals surface area contributed by atoms with Crippen molar-refractivity contribution in [3.63, 3.8) is 0 Å². The average molecular weight is 446 g/mol. The predicted octanol–water partition coefficient (Wildman–Crippen LogP) is 5.63. The van der Waals surface area contributed by atoms with Gasteiger partial charge >= 0.3 is 0 Å². The number of hydrogen-bond donors (Lipinski definition) is 3. The molecule has 0 aliphatic carbocycles. The molecule has 2 amide bonds. The van der Waals surface area contributed by atoms with Crippen molar-refractivity contribution in [1.82, 2.24) is 0 Å². The van der Waals surface area contributed by atoms with E-state index >= 15 is 0 Å². The van der Waals surface area contributed by atoms with Crippen LogP contribution >= 0.6 is 0 Å². The summed E-state index contributed by atoms with van der Waals surface area (Å²) in [5.41, 5.74) is 2.86. The highest BCUT2D eigenvalue weighted by molar-refractivity contribution is 6.08. The first-order chi connectivity index (χ1) is 15.7. The van der Waals surface area contributed by atoms with Gasteiger partial charge in [-0.05, 0) is 30.3 Å². The third-order valence-electron chi connectivity index (χ3n) is 5.23. The minimum Gasteiger partial charge on any atom is -0.495 e. The quantitative estimate of drug-likeness (QED) is 0.358. The molecule has 7 nitrogen and oxygen atoms in total. The molecule has 4 rings (SSSR count). The van der Waals surface area contributed by atoms with E-state index in [-0.39, 0.29) is 18.4 Å². The number of nitrogens with one attached hydrogen (secondary N) is 3. The Morgan fingerprint density at radius 1 is 0.879 bits per heavy atom. The summed E-state index contributed by atoms with van der Waals surface area (Å²) in [6.07, 6.45) is 0. The lowest BCUT2D eigenvalue weighted by molar-refractivity contribution is -0.123. The lowest BCUT2D eigenvalue weighted by Crippen LogP contribution is -2.27. The summed E-state index contributed by atoms with van der Waals surface area (Å²) in [6.45, 7) is 5.60. The molecule has 0 atom stereocenters. The van der Waals surface area contributed by atoms with Crippen molar-refractivity contribution >= 4 is 50.8 Å². The van der Waals surface area contributed by atoms with Crippen molar-refractivity contribution in [3.8, 4) is 5.75 Å². The Balaban J connectivity index is 1.45. The summed E-state index contributed by atoms with van der Waals surface area (Å²) in [5, 5.41) is 10.8. The average Bonchev–Trinajstić information content (AvgIpc) is 3.14. The number of amides is 2. The zero-order valence-electron chi connectivity index (χ0n) is 19.1. The van der Waals surface area contributed by atoms with Crippen molar-refractivity contribution in [2.75, 3.05) is 29.6 Å². The van der Waals surface area contributed by atoms with Crippen LogP contribution in [0.4, 0.5) is 17.1 Å². The van der Waals surface area contributed by atoms with Gasteiger partial charge in [0.1, 0.15) is 16.9 Å². The number of fused-ring (bicyclic) bond motifs is 3. The molecule has 1 heterocycles. The molecule has 0 spiro atoms.